The molecular formula is C16H28O5. The summed E-state index contributed by atoms with van der Waals surface area (Å²) >= 11 is 0. The monoisotopic (exact) mass is 300 g/mol. The minimum absolute atomic E-state index is 0.287. The first kappa shape index (κ1) is 19.6. The third-order valence-electron chi connectivity index (χ3n) is 2.99. The van der Waals surface area contributed by atoms with Crippen LogP contribution in [-0.4, -0.2) is 25.7 Å². The van der Waals surface area contributed by atoms with Crippen LogP contribution < -0.4 is 0 Å². The summed E-state index contributed by atoms with van der Waals surface area (Å²) in [4.78, 5) is 32.3. The molecule has 21 heavy (non-hydrogen) atoms. The van der Waals surface area contributed by atoms with Gasteiger partial charge in [0.1, 0.15) is 0 Å². The fourth-order valence-corrected chi connectivity index (χ4v) is 2.15. The van der Waals surface area contributed by atoms with Gasteiger partial charge in [0.15, 0.2) is 0 Å². The van der Waals surface area contributed by atoms with E-state index in [1.54, 1.807) is 0 Å². The lowest BCUT2D eigenvalue weighted by atomic mass is 9.79. The average Bonchev–Trinajstić information content (AvgIpc) is 2.44. The van der Waals surface area contributed by atoms with Crippen LogP contribution in [0.4, 0.5) is 0 Å². The van der Waals surface area contributed by atoms with Crippen molar-refractivity contribution in [3.63, 3.8) is 0 Å². The Bertz CT molecular complexity index is 334. The molecule has 0 spiro atoms. The van der Waals surface area contributed by atoms with Crippen LogP contribution in [0.1, 0.15) is 52.9 Å². The summed E-state index contributed by atoms with van der Waals surface area (Å²) in [6, 6.07) is 0. The third-order valence-corrected chi connectivity index (χ3v) is 2.99. The molecule has 0 radical (unpaired) electrons. The van der Waals surface area contributed by atoms with Crippen LogP contribution in [0.25, 0.3) is 0 Å². The molecule has 0 N–H and O–H groups in total. The van der Waals surface area contributed by atoms with Gasteiger partial charge in [-0.2, -0.15) is 4.89 Å². The van der Waals surface area contributed by atoms with E-state index in [0.717, 1.165) is 19.3 Å². The zero-order chi connectivity index (χ0) is 16.3. The summed E-state index contributed by atoms with van der Waals surface area (Å²) in [6.07, 6.45) is 4.01. The van der Waals surface area contributed by atoms with E-state index in [9.17, 15) is 9.59 Å². The number of carbonyl (C=O) groups is 2. The van der Waals surface area contributed by atoms with Crippen LogP contribution in [0.5, 0.6) is 0 Å². The average molecular weight is 300 g/mol. The first-order valence-corrected chi connectivity index (χ1v) is 7.47. The topological polar surface area (TPSA) is 61.8 Å². The fourth-order valence-electron chi connectivity index (χ4n) is 2.15. The number of hydrogen-bond donors (Lipinski definition) is 0. The predicted octanol–water partition coefficient (Wildman–Crippen LogP) is 3.43. The molecule has 5 nitrogen and oxygen atoms in total. The number of rotatable bonds is 5. The van der Waals surface area contributed by atoms with E-state index in [1.807, 2.05) is 20.8 Å². The van der Waals surface area contributed by atoms with Crippen LogP contribution in [0.15, 0.2) is 12.2 Å². The van der Waals surface area contributed by atoms with Gasteiger partial charge in [0.05, 0.1) is 25.6 Å². The van der Waals surface area contributed by atoms with Crippen molar-refractivity contribution in [3.05, 3.63) is 12.2 Å². The van der Waals surface area contributed by atoms with Crippen molar-refractivity contribution >= 4 is 11.9 Å². The quantitative estimate of drug-likeness (QED) is 0.337. The number of carbonyl (C=O) groups excluding carboxylic acids is 2. The zero-order valence-electron chi connectivity index (χ0n) is 13.6. The Morgan fingerprint density at radius 2 is 1.57 bits per heavy atom. The standard InChI is InChI=1S/C12H20O5.C4H8/c1-3-8-16-11(13)9-6-4-5-7-10(9)12(14)17-15-2;1-4(2)3/h9-10H,3-8H2,1-2H3;1H2,2-3H3. The maximum Gasteiger partial charge on any atom is 0.346 e. The van der Waals surface area contributed by atoms with Crippen molar-refractivity contribution < 1.29 is 24.1 Å². The van der Waals surface area contributed by atoms with Gasteiger partial charge in [-0.15, -0.1) is 6.58 Å². The van der Waals surface area contributed by atoms with E-state index >= 15 is 0 Å². The van der Waals surface area contributed by atoms with Gasteiger partial charge in [0.2, 0.25) is 0 Å². The molecule has 0 heterocycles. The largest absolute Gasteiger partial charge is 0.465 e. The second-order valence-corrected chi connectivity index (χ2v) is 5.44. The maximum absolute atomic E-state index is 11.8. The van der Waals surface area contributed by atoms with Crippen molar-refractivity contribution in [3.8, 4) is 0 Å². The lowest BCUT2D eigenvalue weighted by molar-refractivity contribution is -0.261. The van der Waals surface area contributed by atoms with Gasteiger partial charge in [-0.25, -0.2) is 4.79 Å². The van der Waals surface area contributed by atoms with Crippen molar-refractivity contribution in [2.24, 2.45) is 11.8 Å². The smallest absolute Gasteiger partial charge is 0.346 e. The summed E-state index contributed by atoms with van der Waals surface area (Å²) < 4.78 is 5.10. The molecule has 0 aliphatic heterocycles. The molecule has 0 aromatic carbocycles. The van der Waals surface area contributed by atoms with E-state index in [-0.39, 0.29) is 11.9 Å². The molecule has 1 aliphatic carbocycles. The highest BCUT2D eigenvalue weighted by Gasteiger charge is 2.38. The van der Waals surface area contributed by atoms with E-state index in [4.69, 9.17) is 4.74 Å². The summed E-state index contributed by atoms with van der Waals surface area (Å²) in [6.45, 7) is 9.84. The normalized spacial score (nSPS) is 20.8. The Balaban J connectivity index is 0.000000885. The molecule has 0 saturated heterocycles. The summed E-state index contributed by atoms with van der Waals surface area (Å²) in [5, 5.41) is 0. The number of allylic oxidation sites excluding steroid dienone is 1. The van der Waals surface area contributed by atoms with Crippen LogP contribution >= 0.6 is 0 Å². The Morgan fingerprint density at radius 1 is 1.10 bits per heavy atom. The van der Waals surface area contributed by atoms with Crippen LogP contribution in [0, 0.1) is 11.8 Å². The molecular weight excluding hydrogens is 272 g/mol. The molecule has 0 aromatic heterocycles. The molecule has 2 atom stereocenters. The first-order chi connectivity index (χ1) is 9.93. The van der Waals surface area contributed by atoms with Gasteiger partial charge in [0.25, 0.3) is 0 Å². The Labute approximate surface area is 127 Å². The summed E-state index contributed by atoms with van der Waals surface area (Å²) in [5.41, 5.74) is 1.17. The third kappa shape index (κ3) is 8.50. The minimum atomic E-state index is -0.467. The van der Waals surface area contributed by atoms with Crippen molar-refractivity contribution in [1.82, 2.24) is 0 Å². The van der Waals surface area contributed by atoms with Gasteiger partial charge >= 0.3 is 11.9 Å². The molecule has 0 amide bonds. The first-order valence-electron chi connectivity index (χ1n) is 7.47. The predicted molar refractivity (Wildman–Crippen MR) is 80.3 cm³/mol. The number of ether oxygens (including phenoxy) is 1. The Hall–Kier alpha value is -1.36. The lowest BCUT2D eigenvalue weighted by Crippen LogP contribution is -2.35. The highest BCUT2D eigenvalue weighted by molar-refractivity contribution is 5.82. The molecule has 1 rings (SSSR count). The fraction of sp³-hybridized carbons (Fsp3) is 0.750. The zero-order valence-corrected chi connectivity index (χ0v) is 13.6. The molecule has 0 aromatic rings. The van der Waals surface area contributed by atoms with Crippen molar-refractivity contribution in [1.29, 1.82) is 0 Å². The minimum Gasteiger partial charge on any atom is -0.465 e. The van der Waals surface area contributed by atoms with Gasteiger partial charge in [0, 0.05) is 0 Å². The molecule has 122 valence electrons. The molecule has 1 saturated carbocycles. The highest BCUT2D eigenvalue weighted by atomic mass is 17.2. The molecule has 1 fully saturated rings. The Kier molecular flexibility index (Phi) is 10.6. The Morgan fingerprint density at radius 3 is 2.00 bits per heavy atom. The molecule has 5 heteroatoms. The van der Waals surface area contributed by atoms with Gasteiger partial charge in [-0.3, -0.25) is 9.68 Å². The second-order valence-electron chi connectivity index (χ2n) is 5.44. The molecule has 1 aliphatic rings. The maximum atomic E-state index is 11.8. The summed E-state index contributed by atoms with van der Waals surface area (Å²) in [5.74, 6) is -1.55. The van der Waals surface area contributed by atoms with E-state index in [0.29, 0.717) is 19.4 Å². The number of esters is 1. The van der Waals surface area contributed by atoms with Crippen LogP contribution in [0.3, 0.4) is 0 Å². The van der Waals surface area contributed by atoms with E-state index < -0.39 is 11.9 Å². The second kappa shape index (κ2) is 11.3. The van der Waals surface area contributed by atoms with Gasteiger partial charge < -0.3 is 4.74 Å². The van der Waals surface area contributed by atoms with Crippen molar-refractivity contribution in [2.75, 3.05) is 13.7 Å². The van der Waals surface area contributed by atoms with Gasteiger partial charge in [-0.05, 0) is 33.1 Å². The van der Waals surface area contributed by atoms with E-state index in [2.05, 4.69) is 16.4 Å². The molecule has 0 bridgehead atoms. The SMILES string of the molecule is C=C(C)C.CCCOC(=O)C1CCCCC1C(=O)OOC. The van der Waals surface area contributed by atoms with Crippen LogP contribution in [0.2, 0.25) is 0 Å². The lowest BCUT2D eigenvalue weighted by Gasteiger charge is -2.27. The number of hydrogen-bond acceptors (Lipinski definition) is 5. The summed E-state index contributed by atoms with van der Waals surface area (Å²) in [7, 11) is 1.28. The molecule has 2 unspecified atom stereocenters. The highest BCUT2D eigenvalue weighted by Crippen LogP contribution is 2.32. The van der Waals surface area contributed by atoms with Crippen LogP contribution in [-0.2, 0) is 24.1 Å². The van der Waals surface area contributed by atoms with Gasteiger partial charge in [-0.1, -0.05) is 25.3 Å². The van der Waals surface area contributed by atoms with Crippen molar-refractivity contribution in [2.45, 2.75) is 52.9 Å². The van der Waals surface area contributed by atoms with E-state index in [1.165, 1.54) is 12.7 Å².